The third kappa shape index (κ3) is 4.14. The number of amides is 1. The average Bonchev–Trinajstić information content (AvgIpc) is 2.93. The van der Waals surface area contributed by atoms with Crippen molar-refractivity contribution in [3.63, 3.8) is 0 Å². The van der Waals surface area contributed by atoms with Crippen molar-refractivity contribution in [1.82, 2.24) is 20.4 Å². The smallest absolute Gasteiger partial charge is 0.242 e. The van der Waals surface area contributed by atoms with Crippen molar-refractivity contribution in [3.05, 3.63) is 47.8 Å². The molecular formula is C18H25ClN4O2. The summed E-state index contributed by atoms with van der Waals surface area (Å²) < 4.78 is 7.72. The Kier molecular flexibility index (Phi) is 5.75. The van der Waals surface area contributed by atoms with Crippen LogP contribution in [0.2, 0.25) is 0 Å². The summed E-state index contributed by atoms with van der Waals surface area (Å²) in [7, 11) is 3.62. The van der Waals surface area contributed by atoms with Crippen LogP contribution in [0.4, 0.5) is 0 Å². The number of likely N-dealkylation sites (N-methyl/N-ethyl adjacent to an activating group) is 1. The van der Waals surface area contributed by atoms with E-state index in [4.69, 9.17) is 4.74 Å². The first-order valence-electron chi connectivity index (χ1n) is 8.14. The molecule has 136 valence electrons. The molecule has 1 aliphatic rings. The Hall–Kier alpha value is -2.05. The maximum Gasteiger partial charge on any atom is 0.242 e. The number of halogens is 1. The van der Waals surface area contributed by atoms with Crippen molar-refractivity contribution in [3.8, 4) is 5.75 Å². The zero-order chi connectivity index (χ0) is 17.3. The summed E-state index contributed by atoms with van der Waals surface area (Å²) in [5, 5.41) is 10.4. The van der Waals surface area contributed by atoms with E-state index in [0.29, 0.717) is 0 Å². The van der Waals surface area contributed by atoms with Gasteiger partial charge in [0.1, 0.15) is 17.4 Å². The molecule has 2 aromatic rings. The van der Waals surface area contributed by atoms with Gasteiger partial charge in [0.2, 0.25) is 5.91 Å². The molecular weight excluding hydrogens is 340 g/mol. The molecule has 1 aliphatic heterocycles. The molecule has 1 aromatic carbocycles. The lowest BCUT2D eigenvalue weighted by atomic mass is 9.89. The van der Waals surface area contributed by atoms with Gasteiger partial charge in [-0.1, -0.05) is 18.2 Å². The van der Waals surface area contributed by atoms with Crippen molar-refractivity contribution >= 4 is 18.3 Å². The van der Waals surface area contributed by atoms with Gasteiger partial charge in [-0.05, 0) is 27.0 Å². The Morgan fingerprint density at radius 3 is 2.76 bits per heavy atom. The van der Waals surface area contributed by atoms with Crippen LogP contribution >= 0.6 is 12.4 Å². The van der Waals surface area contributed by atoms with E-state index in [1.54, 1.807) is 17.9 Å². The van der Waals surface area contributed by atoms with Gasteiger partial charge in [-0.2, -0.15) is 5.10 Å². The first-order valence-corrected chi connectivity index (χ1v) is 8.14. The number of para-hydroxylation sites is 1. The highest BCUT2D eigenvalue weighted by Crippen LogP contribution is 2.39. The number of fused-ring (bicyclic) bond motifs is 1. The summed E-state index contributed by atoms with van der Waals surface area (Å²) in [6, 6.07) is 7.36. The standard InChI is InChI=1S/C18H24N4O2.ClH/c1-18(2)9-14(13-7-5-6-8-15(13)24-18)21-17(23)16(19-3)12-10-20-22(4)11-12;/h5-8,10-11,14,16,19H,9H2,1-4H3,(H,21,23);1H. The van der Waals surface area contributed by atoms with E-state index in [-0.39, 0.29) is 30.0 Å². The predicted molar refractivity (Wildman–Crippen MR) is 98.9 cm³/mol. The van der Waals surface area contributed by atoms with Gasteiger partial charge in [0.15, 0.2) is 0 Å². The summed E-state index contributed by atoms with van der Waals surface area (Å²) in [5.41, 5.74) is 1.54. The van der Waals surface area contributed by atoms with Gasteiger partial charge in [0.25, 0.3) is 0 Å². The third-order valence-corrected chi connectivity index (χ3v) is 4.30. The van der Waals surface area contributed by atoms with Gasteiger partial charge < -0.3 is 15.4 Å². The second kappa shape index (κ2) is 7.45. The lowest BCUT2D eigenvalue weighted by molar-refractivity contribution is -0.124. The molecule has 6 nitrogen and oxygen atoms in total. The molecule has 1 amide bonds. The van der Waals surface area contributed by atoms with Crippen LogP contribution in [0.1, 0.15) is 43.5 Å². The average molecular weight is 365 g/mol. The molecule has 1 aromatic heterocycles. The van der Waals surface area contributed by atoms with Crippen LogP contribution in [-0.2, 0) is 11.8 Å². The lowest BCUT2D eigenvalue weighted by Crippen LogP contribution is -2.44. The molecule has 2 atom stereocenters. The SMILES string of the molecule is CNC(C(=O)NC1CC(C)(C)Oc2ccccc21)c1cnn(C)c1.Cl. The molecule has 3 rings (SSSR count). The maximum absolute atomic E-state index is 12.8. The highest BCUT2D eigenvalue weighted by molar-refractivity contribution is 5.85. The number of rotatable bonds is 4. The fraction of sp³-hybridized carbons (Fsp3) is 0.444. The minimum absolute atomic E-state index is 0. The molecule has 2 N–H and O–H groups in total. The second-order valence-electron chi connectivity index (χ2n) is 6.83. The molecule has 7 heteroatoms. The molecule has 2 unspecified atom stereocenters. The van der Waals surface area contributed by atoms with Gasteiger partial charge >= 0.3 is 0 Å². The maximum atomic E-state index is 12.8. The number of carbonyl (C=O) groups is 1. The fourth-order valence-corrected chi connectivity index (χ4v) is 3.22. The number of ether oxygens (including phenoxy) is 1. The van der Waals surface area contributed by atoms with Gasteiger partial charge in [0, 0.05) is 30.8 Å². The van der Waals surface area contributed by atoms with Crippen LogP contribution in [0.25, 0.3) is 0 Å². The van der Waals surface area contributed by atoms with Crippen molar-refractivity contribution in [2.24, 2.45) is 7.05 Å². The topological polar surface area (TPSA) is 68.2 Å². The number of hydrogen-bond acceptors (Lipinski definition) is 4. The van der Waals surface area contributed by atoms with Crippen molar-refractivity contribution in [2.45, 2.75) is 38.0 Å². The molecule has 0 radical (unpaired) electrons. The Morgan fingerprint density at radius 2 is 2.12 bits per heavy atom. The highest BCUT2D eigenvalue weighted by atomic mass is 35.5. The molecule has 25 heavy (non-hydrogen) atoms. The lowest BCUT2D eigenvalue weighted by Gasteiger charge is -2.38. The molecule has 0 fully saturated rings. The zero-order valence-electron chi connectivity index (χ0n) is 14.9. The Bertz CT molecular complexity index is 744. The summed E-state index contributed by atoms with van der Waals surface area (Å²) >= 11 is 0. The van der Waals surface area contributed by atoms with Crippen molar-refractivity contribution in [1.29, 1.82) is 0 Å². The summed E-state index contributed by atoms with van der Waals surface area (Å²) in [6.45, 7) is 4.08. The van der Waals surface area contributed by atoms with E-state index >= 15 is 0 Å². The van der Waals surface area contributed by atoms with Gasteiger partial charge in [-0.25, -0.2) is 0 Å². The number of nitrogens with one attached hydrogen (secondary N) is 2. The Morgan fingerprint density at radius 1 is 1.40 bits per heavy atom. The fourth-order valence-electron chi connectivity index (χ4n) is 3.22. The van der Waals surface area contributed by atoms with Gasteiger partial charge in [-0.3, -0.25) is 9.48 Å². The molecule has 0 saturated heterocycles. The van der Waals surface area contributed by atoms with Crippen molar-refractivity contribution in [2.75, 3.05) is 7.05 Å². The van der Waals surface area contributed by atoms with Gasteiger partial charge in [0.05, 0.1) is 12.2 Å². The molecule has 2 heterocycles. The Labute approximate surface area is 154 Å². The van der Waals surface area contributed by atoms with E-state index < -0.39 is 6.04 Å². The molecule has 0 aliphatic carbocycles. The molecule has 0 saturated carbocycles. The van der Waals surface area contributed by atoms with Crippen LogP contribution < -0.4 is 15.4 Å². The minimum Gasteiger partial charge on any atom is -0.487 e. The number of carbonyl (C=O) groups excluding carboxylic acids is 1. The van der Waals surface area contributed by atoms with Crippen LogP contribution in [-0.4, -0.2) is 28.3 Å². The first-order chi connectivity index (χ1) is 11.4. The first kappa shape index (κ1) is 19.3. The highest BCUT2D eigenvalue weighted by Gasteiger charge is 2.35. The second-order valence-corrected chi connectivity index (χ2v) is 6.83. The van der Waals surface area contributed by atoms with E-state index in [1.165, 1.54) is 0 Å². The van der Waals surface area contributed by atoms with E-state index in [2.05, 4.69) is 15.7 Å². The number of nitrogens with zero attached hydrogens (tertiary/aromatic N) is 2. The summed E-state index contributed by atoms with van der Waals surface area (Å²) in [6.07, 6.45) is 4.28. The third-order valence-electron chi connectivity index (χ3n) is 4.30. The van der Waals surface area contributed by atoms with Crippen LogP contribution in [0.5, 0.6) is 5.75 Å². The van der Waals surface area contributed by atoms with Crippen LogP contribution in [0, 0.1) is 0 Å². The predicted octanol–water partition coefficient (Wildman–Crippen LogP) is 2.52. The normalized spacial score (nSPS) is 19.1. The number of benzene rings is 1. The molecule has 0 spiro atoms. The quantitative estimate of drug-likeness (QED) is 0.874. The number of aryl methyl sites for hydroxylation is 1. The summed E-state index contributed by atoms with van der Waals surface area (Å²) in [5.74, 6) is 0.768. The monoisotopic (exact) mass is 364 g/mol. The zero-order valence-corrected chi connectivity index (χ0v) is 15.8. The molecule has 0 bridgehead atoms. The van der Waals surface area contributed by atoms with Crippen LogP contribution in [0.3, 0.4) is 0 Å². The Balaban J connectivity index is 0.00000225. The van der Waals surface area contributed by atoms with E-state index in [0.717, 1.165) is 23.3 Å². The largest absolute Gasteiger partial charge is 0.487 e. The summed E-state index contributed by atoms with van der Waals surface area (Å²) in [4.78, 5) is 12.8. The number of aromatic nitrogens is 2. The van der Waals surface area contributed by atoms with E-state index in [1.807, 2.05) is 51.4 Å². The van der Waals surface area contributed by atoms with Crippen molar-refractivity contribution < 1.29 is 9.53 Å². The van der Waals surface area contributed by atoms with E-state index in [9.17, 15) is 4.79 Å². The van der Waals surface area contributed by atoms with Gasteiger partial charge in [-0.15, -0.1) is 12.4 Å². The number of hydrogen-bond donors (Lipinski definition) is 2. The van der Waals surface area contributed by atoms with Crippen LogP contribution in [0.15, 0.2) is 36.7 Å². The minimum atomic E-state index is -0.434.